The molecule has 21 heavy (non-hydrogen) atoms. The highest BCUT2D eigenvalue weighted by Gasteiger charge is 2.38. The van der Waals surface area contributed by atoms with E-state index in [-0.39, 0.29) is 11.7 Å². The van der Waals surface area contributed by atoms with Crippen LogP contribution in [0.3, 0.4) is 0 Å². The van der Waals surface area contributed by atoms with Gasteiger partial charge in [0.25, 0.3) is 0 Å². The first-order valence-corrected chi connectivity index (χ1v) is 9.65. The summed E-state index contributed by atoms with van der Waals surface area (Å²) in [5, 5.41) is -0.797. The van der Waals surface area contributed by atoms with Crippen molar-refractivity contribution in [2.45, 2.75) is 43.9 Å². The Balaban J connectivity index is 1.94. The Kier molecular flexibility index (Phi) is 5.62. The van der Waals surface area contributed by atoms with Gasteiger partial charge in [0.05, 0.1) is 5.75 Å². The summed E-state index contributed by atoms with van der Waals surface area (Å²) in [6.45, 7) is 5.54. The molecule has 0 aromatic heterocycles. The van der Waals surface area contributed by atoms with Gasteiger partial charge in [0.15, 0.2) is 9.84 Å². The Labute approximate surface area is 127 Å². The highest BCUT2D eigenvalue weighted by atomic mass is 32.2. The van der Waals surface area contributed by atoms with Gasteiger partial charge in [0.1, 0.15) is 5.25 Å². The first kappa shape index (κ1) is 16.7. The largest absolute Gasteiger partial charge is 0.339 e. The zero-order chi connectivity index (χ0) is 15.5. The molecule has 7 heteroatoms. The third-order valence-corrected chi connectivity index (χ3v) is 6.90. The molecule has 0 spiro atoms. The Morgan fingerprint density at radius 3 is 2.43 bits per heavy atom. The molecule has 2 heterocycles. The number of hydrogen-bond donors (Lipinski definition) is 1. The van der Waals surface area contributed by atoms with Crippen molar-refractivity contribution in [2.75, 3.05) is 38.5 Å². The van der Waals surface area contributed by atoms with Crippen molar-refractivity contribution < 1.29 is 13.2 Å². The fraction of sp³-hybridized carbons (Fsp3) is 0.929. The van der Waals surface area contributed by atoms with Crippen molar-refractivity contribution in [3.8, 4) is 0 Å². The number of carbonyl (C=O) groups is 1. The molecule has 1 amide bonds. The van der Waals surface area contributed by atoms with Crippen LogP contribution in [-0.2, 0) is 14.6 Å². The Bertz CT molecular complexity index is 454. The molecule has 0 aromatic carbocycles. The first-order chi connectivity index (χ1) is 9.99. The quantitative estimate of drug-likeness (QED) is 0.778. The fourth-order valence-electron chi connectivity index (χ4n) is 3.32. The number of nitrogens with two attached hydrogens (primary N) is 1. The van der Waals surface area contributed by atoms with E-state index in [0.717, 1.165) is 25.9 Å². The van der Waals surface area contributed by atoms with Gasteiger partial charge in [-0.2, -0.15) is 0 Å². The van der Waals surface area contributed by atoms with Gasteiger partial charge in [-0.25, -0.2) is 8.42 Å². The SMILES string of the molecule is CCC(CN)N1CCN(C(=O)C2CCCCS2(=O)=O)CC1. The monoisotopic (exact) mass is 317 g/mol. The molecule has 0 radical (unpaired) electrons. The van der Waals surface area contributed by atoms with Crippen LogP contribution in [0.15, 0.2) is 0 Å². The second-order valence-electron chi connectivity index (χ2n) is 6.01. The van der Waals surface area contributed by atoms with E-state index in [4.69, 9.17) is 5.73 Å². The number of piperazine rings is 1. The molecule has 2 rings (SSSR count). The molecule has 0 aromatic rings. The Hall–Kier alpha value is -0.660. The van der Waals surface area contributed by atoms with Crippen LogP contribution in [-0.4, -0.2) is 73.9 Å². The van der Waals surface area contributed by atoms with Crippen LogP contribution in [0.1, 0.15) is 32.6 Å². The van der Waals surface area contributed by atoms with Crippen LogP contribution in [0.5, 0.6) is 0 Å². The number of amides is 1. The lowest BCUT2D eigenvalue weighted by atomic mass is 10.1. The van der Waals surface area contributed by atoms with Crippen molar-refractivity contribution in [1.82, 2.24) is 9.80 Å². The van der Waals surface area contributed by atoms with Gasteiger partial charge in [-0.3, -0.25) is 9.69 Å². The summed E-state index contributed by atoms with van der Waals surface area (Å²) in [5.41, 5.74) is 5.76. The fourth-order valence-corrected chi connectivity index (χ4v) is 5.19. The molecule has 2 atom stereocenters. The normalized spacial score (nSPS) is 28.3. The van der Waals surface area contributed by atoms with Crippen LogP contribution in [0, 0.1) is 0 Å². The van der Waals surface area contributed by atoms with Gasteiger partial charge in [0, 0.05) is 38.8 Å². The molecule has 122 valence electrons. The third kappa shape index (κ3) is 3.76. The molecule has 2 aliphatic rings. The molecule has 2 fully saturated rings. The van der Waals surface area contributed by atoms with Gasteiger partial charge < -0.3 is 10.6 Å². The van der Waals surface area contributed by atoms with Crippen molar-refractivity contribution in [2.24, 2.45) is 5.73 Å². The smallest absolute Gasteiger partial charge is 0.240 e. The summed E-state index contributed by atoms with van der Waals surface area (Å²) >= 11 is 0. The van der Waals surface area contributed by atoms with Gasteiger partial charge in [-0.1, -0.05) is 13.3 Å². The van der Waals surface area contributed by atoms with E-state index in [1.807, 2.05) is 0 Å². The summed E-state index contributed by atoms with van der Waals surface area (Å²) in [5.74, 6) is -0.0239. The first-order valence-electron chi connectivity index (χ1n) is 7.94. The molecular formula is C14H27N3O3S. The van der Waals surface area contributed by atoms with E-state index >= 15 is 0 Å². The number of nitrogens with zero attached hydrogens (tertiary/aromatic N) is 2. The summed E-state index contributed by atoms with van der Waals surface area (Å²) in [4.78, 5) is 16.5. The zero-order valence-corrected chi connectivity index (χ0v) is 13.6. The average Bonchev–Trinajstić information content (AvgIpc) is 2.48. The number of carbonyl (C=O) groups excluding carboxylic acids is 1. The Morgan fingerprint density at radius 2 is 1.90 bits per heavy atom. The maximum atomic E-state index is 12.5. The zero-order valence-electron chi connectivity index (χ0n) is 12.8. The molecule has 2 unspecified atom stereocenters. The minimum Gasteiger partial charge on any atom is -0.339 e. The minimum atomic E-state index is -3.24. The maximum Gasteiger partial charge on any atom is 0.240 e. The predicted octanol–water partition coefficient (Wildman–Crippen LogP) is -0.165. The average molecular weight is 317 g/mol. The molecule has 0 aliphatic carbocycles. The molecule has 6 nitrogen and oxygen atoms in total. The lowest BCUT2D eigenvalue weighted by molar-refractivity contribution is -0.133. The van der Waals surface area contributed by atoms with Crippen LogP contribution >= 0.6 is 0 Å². The summed E-state index contributed by atoms with van der Waals surface area (Å²) in [6, 6.07) is 0.362. The standard InChI is InChI=1S/C14H27N3O3S/c1-2-12(11-15)16-6-8-17(9-7-16)14(18)13-5-3-4-10-21(13,19)20/h12-13H,2-11,15H2,1H3. The van der Waals surface area contributed by atoms with Crippen molar-refractivity contribution in [1.29, 1.82) is 0 Å². The Morgan fingerprint density at radius 1 is 1.24 bits per heavy atom. The van der Waals surface area contributed by atoms with Gasteiger partial charge in [-0.15, -0.1) is 0 Å². The minimum absolute atomic E-state index is 0.161. The topological polar surface area (TPSA) is 83.7 Å². The van der Waals surface area contributed by atoms with Gasteiger partial charge >= 0.3 is 0 Å². The van der Waals surface area contributed by atoms with E-state index in [9.17, 15) is 13.2 Å². The van der Waals surface area contributed by atoms with E-state index in [1.54, 1.807) is 4.90 Å². The number of sulfone groups is 1. The van der Waals surface area contributed by atoms with E-state index in [1.165, 1.54) is 0 Å². The molecule has 2 saturated heterocycles. The lowest BCUT2D eigenvalue weighted by Crippen LogP contribution is -2.56. The molecule has 2 aliphatic heterocycles. The van der Waals surface area contributed by atoms with Crippen molar-refractivity contribution in [3.05, 3.63) is 0 Å². The number of hydrogen-bond acceptors (Lipinski definition) is 5. The van der Waals surface area contributed by atoms with Gasteiger partial charge in [-0.05, 0) is 19.3 Å². The highest BCUT2D eigenvalue weighted by Crippen LogP contribution is 2.22. The summed E-state index contributed by atoms with van der Waals surface area (Å²) in [6.07, 6.45) is 3.01. The second-order valence-corrected chi connectivity index (χ2v) is 8.31. The second kappa shape index (κ2) is 7.07. The molecule has 0 saturated carbocycles. The third-order valence-electron chi connectivity index (χ3n) is 4.74. The van der Waals surface area contributed by atoms with Crippen LogP contribution in [0.25, 0.3) is 0 Å². The molecule has 2 N–H and O–H groups in total. The molecular weight excluding hydrogens is 290 g/mol. The predicted molar refractivity (Wildman–Crippen MR) is 82.7 cm³/mol. The van der Waals surface area contributed by atoms with Gasteiger partial charge in [0.2, 0.25) is 5.91 Å². The molecule has 0 bridgehead atoms. The van der Waals surface area contributed by atoms with Crippen molar-refractivity contribution >= 4 is 15.7 Å². The maximum absolute atomic E-state index is 12.5. The van der Waals surface area contributed by atoms with E-state index in [2.05, 4.69) is 11.8 Å². The van der Waals surface area contributed by atoms with Crippen molar-refractivity contribution in [3.63, 3.8) is 0 Å². The van der Waals surface area contributed by atoms with E-state index < -0.39 is 15.1 Å². The number of rotatable bonds is 4. The van der Waals surface area contributed by atoms with E-state index in [0.29, 0.717) is 38.5 Å². The van der Waals surface area contributed by atoms with Crippen LogP contribution < -0.4 is 5.73 Å². The highest BCUT2D eigenvalue weighted by molar-refractivity contribution is 7.92. The summed E-state index contributed by atoms with van der Waals surface area (Å²) in [7, 11) is -3.24. The van der Waals surface area contributed by atoms with Crippen LogP contribution in [0.2, 0.25) is 0 Å². The summed E-state index contributed by atoms with van der Waals surface area (Å²) < 4.78 is 24.1. The lowest BCUT2D eigenvalue weighted by Gasteiger charge is -2.40. The van der Waals surface area contributed by atoms with Crippen LogP contribution in [0.4, 0.5) is 0 Å².